The summed E-state index contributed by atoms with van der Waals surface area (Å²) in [5.74, 6) is 0.793. The number of fused-ring (bicyclic) bond motifs is 1. The summed E-state index contributed by atoms with van der Waals surface area (Å²) in [6.07, 6.45) is -0.547. The van der Waals surface area contributed by atoms with Crippen LogP contribution >= 0.6 is 11.3 Å². The molecule has 3 nitrogen and oxygen atoms in total. The SMILES string of the molecule is COc1ccc(C(O)CNc2ccc3sccc3c2)cc1. The van der Waals surface area contributed by atoms with Crippen LogP contribution in [0.1, 0.15) is 11.7 Å². The standard InChI is InChI=1S/C17H17NO2S/c1-20-15-5-2-12(3-6-15)16(19)11-18-14-4-7-17-13(10-14)8-9-21-17/h2-10,16,18-19H,11H2,1H3. The Morgan fingerprint density at radius 1 is 1.14 bits per heavy atom. The molecule has 0 fully saturated rings. The van der Waals surface area contributed by atoms with Crippen molar-refractivity contribution in [2.75, 3.05) is 19.0 Å². The van der Waals surface area contributed by atoms with Crippen molar-refractivity contribution in [3.63, 3.8) is 0 Å². The quantitative estimate of drug-likeness (QED) is 0.746. The number of ether oxygens (including phenoxy) is 1. The maximum absolute atomic E-state index is 10.2. The number of hydrogen-bond donors (Lipinski definition) is 2. The Labute approximate surface area is 127 Å². The smallest absolute Gasteiger partial charge is 0.118 e. The molecule has 0 bridgehead atoms. The lowest BCUT2D eigenvalue weighted by Crippen LogP contribution is -2.11. The van der Waals surface area contributed by atoms with E-state index < -0.39 is 6.10 Å². The number of thiophene rings is 1. The van der Waals surface area contributed by atoms with Crippen molar-refractivity contribution in [2.24, 2.45) is 0 Å². The van der Waals surface area contributed by atoms with Crippen LogP contribution in [0.3, 0.4) is 0 Å². The highest BCUT2D eigenvalue weighted by Gasteiger charge is 2.07. The minimum Gasteiger partial charge on any atom is -0.497 e. The predicted molar refractivity (Wildman–Crippen MR) is 88.3 cm³/mol. The Kier molecular flexibility index (Phi) is 4.08. The second kappa shape index (κ2) is 6.16. The van der Waals surface area contributed by atoms with Gasteiger partial charge in [-0.3, -0.25) is 0 Å². The zero-order chi connectivity index (χ0) is 14.7. The Morgan fingerprint density at radius 2 is 1.95 bits per heavy atom. The van der Waals surface area contributed by atoms with Crippen LogP contribution in [0.25, 0.3) is 10.1 Å². The number of rotatable bonds is 5. The Bertz CT molecular complexity index is 721. The van der Waals surface area contributed by atoms with E-state index in [9.17, 15) is 5.11 Å². The Morgan fingerprint density at radius 3 is 2.71 bits per heavy atom. The molecule has 1 unspecified atom stereocenters. The van der Waals surface area contributed by atoms with Gasteiger partial charge >= 0.3 is 0 Å². The average molecular weight is 299 g/mol. The molecule has 0 spiro atoms. The van der Waals surface area contributed by atoms with Crippen molar-refractivity contribution < 1.29 is 9.84 Å². The molecule has 1 atom stereocenters. The highest BCUT2D eigenvalue weighted by molar-refractivity contribution is 7.17. The zero-order valence-corrected chi connectivity index (χ0v) is 12.6. The summed E-state index contributed by atoms with van der Waals surface area (Å²) in [6.45, 7) is 0.474. The van der Waals surface area contributed by atoms with Crippen molar-refractivity contribution in [2.45, 2.75) is 6.10 Å². The highest BCUT2D eigenvalue weighted by Crippen LogP contribution is 2.24. The molecule has 0 radical (unpaired) electrons. The minimum absolute atomic E-state index is 0.474. The first-order valence-corrected chi connectivity index (χ1v) is 7.67. The first kappa shape index (κ1) is 13.9. The highest BCUT2D eigenvalue weighted by atomic mass is 32.1. The largest absolute Gasteiger partial charge is 0.497 e. The van der Waals surface area contributed by atoms with Gasteiger partial charge in [0.1, 0.15) is 5.75 Å². The number of aliphatic hydroxyl groups is 1. The van der Waals surface area contributed by atoms with Crippen LogP contribution in [0, 0.1) is 0 Å². The second-order valence-electron chi connectivity index (χ2n) is 4.84. The van der Waals surface area contributed by atoms with E-state index in [0.717, 1.165) is 17.0 Å². The third-order valence-electron chi connectivity index (χ3n) is 3.45. The minimum atomic E-state index is -0.547. The number of anilines is 1. The van der Waals surface area contributed by atoms with E-state index >= 15 is 0 Å². The fourth-order valence-corrected chi connectivity index (χ4v) is 3.01. The summed E-state index contributed by atoms with van der Waals surface area (Å²) in [4.78, 5) is 0. The molecular weight excluding hydrogens is 282 g/mol. The molecule has 1 heterocycles. The van der Waals surface area contributed by atoms with Gasteiger partial charge < -0.3 is 15.2 Å². The van der Waals surface area contributed by atoms with Gasteiger partial charge in [-0.2, -0.15) is 0 Å². The fourth-order valence-electron chi connectivity index (χ4n) is 2.24. The van der Waals surface area contributed by atoms with E-state index in [0.29, 0.717) is 6.54 Å². The molecule has 2 N–H and O–H groups in total. The molecule has 2 aromatic carbocycles. The Balaban J connectivity index is 1.65. The van der Waals surface area contributed by atoms with Gasteiger partial charge in [0.25, 0.3) is 0 Å². The van der Waals surface area contributed by atoms with Crippen LogP contribution in [0.15, 0.2) is 53.9 Å². The Hall–Kier alpha value is -2.04. The molecule has 108 valence electrons. The molecule has 0 saturated carbocycles. The van der Waals surface area contributed by atoms with E-state index in [-0.39, 0.29) is 0 Å². The maximum atomic E-state index is 10.2. The van der Waals surface area contributed by atoms with E-state index in [4.69, 9.17) is 4.74 Å². The van der Waals surface area contributed by atoms with Crippen LogP contribution in [-0.4, -0.2) is 18.8 Å². The third-order valence-corrected chi connectivity index (χ3v) is 4.35. The first-order valence-electron chi connectivity index (χ1n) is 6.79. The molecule has 1 aromatic heterocycles. The summed E-state index contributed by atoms with van der Waals surface area (Å²) in [7, 11) is 1.63. The normalized spacial score (nSPS) is 12.3. The van der Waals surface area contributed by atoms with Gasteiger partial charge in [-0.1, -0.05) is 12.1 Å². The lowest BCUT2D eigenvalue weighted by Gasteiger charge is -2.13. The summed E-state index contributed by atoms with van der Waals surface area (Å²) in [5, 5.41) is 16.8. The number of nitrogens with one attached hydrogen (secondary N) is 1. The summed E-state index contributed by atoms with van der Waals surface area (Å²) in [6, 6.07) is 15.8. The molecule has 3 rings (SSSR count). The van der Waals surface area contributed by atoms with E-state index in [1.807, 2.05) is 30.3 Å². The molecular formula is C17H17NO2S. The number of methoxy groups -OCH3 is 1. The fraction of sp³-hybridized carbons (Fsp3) is 0.176. The molecule has 0 aliphatic heterocycles. The van der Waals surface area contributed by atoms with Gasteiger partial charge in [-0.25, -0.2) is 0 Å². The van der Waals surface area contributed by atoms with Crippen molar-refractivity contribution in [3.05, 3.63) is 59.5 Å². The summed E-state index contributed by atoms with van der Waals surface area (Å²) >= 11 is 1.73. The molecule has 0 amide bonds. The van der Waals surface area contributed by atoms with E-state index in [2.05, 4.69) is 28.9 Å². The predicted octanol–water partition coefficient (Wildman–Crippen LogP) is 4.06. The molecule has 0 saturated heterocycles. The van der Waals surface area contributed by atoms with Gasteiger partial charge in [0.05, 0.1) is 13.2 Å². The number of benzene rings is 2. The number of hydrogen-bond acceptors (Lipinski definition) is 4. The average Bonchev–Trinajstić information content (AvgIpc) is 3.00. The van der Waals surface area contributed by atoms with Gasteiger partial charge in [0.2, 0.25) is 0 Å². The van der Waals surface area contributed by atoms with Gasteiger partial charge in [0, 0.05) is 16.9 Å². The van der Waals surface area contributed by atoms with Crippen molar-refractivity contribution in [3.8, 4) is 5.75 Å². The zero-order valence-electron chi connectivity index (χ0n) is 11.7. The summed E-state index contributed by atoms with van der Waals surface area (Å²) in [5.41, 5.74) is 1.90. The molecule has 21 heavy (non-hydrogen) atoms. The lowest BCUT2D eigenvalue weighted by molar-refractivity contribution is 0.191. The van der Waals surface area contributed by atoms with Crippen molar-refractivity contribution in [1.29, 1.82) is 0 Å². The lowest BCUT2D eigenvalue weighted by atomic mass is 10.1. The van der Waals surface area contributed by atoms with Crippen LogP contribution < -0.4 is 10.1 Å². The number of aliphatic hydroxyl groups excluding tert-OH is 1. The monoisotopic (exact) mass is 299 g/mol. The molecule has 0 aliphatic rings. The third kappa shape index (κ3) is 3.17. The van der Waals surface area contributed by atoms with Gasteiger partial charge in [-0.05, 0) is 52.7 Å². The van der Waals surface area contributed by atoms with Crippen LogP contribution in [-0.2, 0) is 0 Å². The molecule has 4 heteroatoms. The van der Waals surface area contributed by atoms with Crippen molar-refractivity contribution >= 4 is 27.1 Å². The van der Waals surface area contributed by atoms with Gasteiger partial charge in [-0.15, -0.1) is 11.3 Å². The van der Waals surface area contributed by atoms with Crippen LogP contribution in [0.2, 0.25) is 0 Å². The van der Waals surface area contributed by atoms with E-state index in [1.165, 1.54) is 10.1 Å². The second-order valence-corrected chi connectivity index (χ2v) is 5.79. The maximum Gasteiger partial charge on any atom is 0.118 e. The molecule has 3 aromatic rings. The first-order chi connectivity index (χ1) is 10.3. The van der Waals surface area contributed by atoms with Crippen molar-refractivity contribution in [1.82, 2.24) is 0 Å². The van der Waals surface area contributed by atoms with Crippen LogP contribution in [0.4, 0.5) is 5.69 Å². The van der Waals surface area contributed by atoms with E-state index in [1.54, 1.807) is 18.4 Å². The summed E-state index contributed by atoms with van der Waals surface area (Å²) < 4.78 is 6.39. The topological polar surface area (TPSA) is 41.5 Å². The molecule has 0 aliphatic carbocycles. The van der Waals surface area contributed by atoms with Gasteiger partial charge in [0.15, 0.2) is 0 Å². The van der Waals surface area contributed by atoms with Crippen LogP contribution in [0.5, 0.6) is 5.75 Å².